The van der Waals surface area contributed by atoms with E-state index in [0.29, 0.717) is 5.56 Å². The van der Waals surface area contributed by atoms with Crippen molar-refractivity contribution in [3.8, 4) is 6.07 Å². The van der Waals surface area contributed by atoms with Gasteiger partial charge in [0.05, 0.1) is 18.7 Å². The van der Waals surface area contributed by atoms with Gasteiger partial charge in [0.2, 0.25) is 0 Å². The van der Waals surface area contributed by atoms with Crippen LogP contribution in [0.2, 0.25) is 0 Å². The minimum atomic E-state index is -0.844. The Kier molecular flexibility index (Phi) is 6.62. The van der Waals surface area contributed by atoms with Gasteiger partial charge in [0.1, 0.15) is 11.3 Å². The van der Waals surface area contributed by atoms with E-state index in [9.17, 15) is 9.59 Å². The van der Waals surface area contributed by atoms with E-state index in [1.54, 1.807) is 45.0 Å². The summed E-state index contributed by atoms with van der Waals surface area (Å²) in [7, 11) is 2.76. The van der Waals surface area contributed by atoms with Gasteiger partial charge < -0.3 is 4.74 Å². The average Bonchev–Trinajstić information content (AvgIpc) is 2.51. The number of rotatable bonds is 4. The molecule has 0 saturated carbocycles. The van der Waals surface area contributed by atoms with Crippen LogP contribution in [0, 0.1) is 11.3 Å². The lowest BCUT2D eigenvalue weighted by atomic mass is 10.1. The zero-order valence-corrected chi connectivity index (χ0v) is 14.5. The summed E-state index contributed by atoms with van der Waals surface area (Å²) in [5.74, 6) is -0.548. The molecule has 1 rings (SSSR count). The van der Waals surface area contributed by atoms with Crippen LogP contribution in [-0.2, 0) is 20.8 Å². The molecule has 1 aromatic rings. The molecule has 0 bridgehead atoms. The van der Waals surface area contributed by atoms with Crippen LogP contribution in [0.25, 0.3) is 0 Å². The van der Waals surface area contributed by atoms with Gasteiger partial charge in [-0.05, 0) is 38.5 Å². The van der Waals surface area contributed by atoms with Crippen molar-refractivity contribution in [2.24, 2.45) is 4.99 Å². The standard InChI is InChI=1S/C17H21N3O4/c1-17(2,3)24-16(22)19-14(15(21)20(4)23-5)10-12-6-8-13(11-18)9-7-12/h6-9H,10H2,1-5H3/b19-14-. The van der Waals surface area contributed by atoms with E-state index < -0.39 is 17.6 Å². The van der Waals surface area contributed by atoms with Gasteiger partial charge >= 0.3 is 6.09 Å². The van der Waals surface area contributed by atoms with E-state index in [1.807, 2.05) is 6.07 Å². The molecule has 0 radical (unpaired) electrons. The molecule has 0 heterocycles. The van der Waals surface area contributed by atoms with Crippen molar-refractivity contribution in [3.05, 3.63) is 35.4 Å². The number of amides is 2. The molecule has 0 saturated heterocycles. The molecule has 0 aliphatic carbocycles. The fourth-order valence-corrected chi connectivity index (χ4v) is 1.71. The van der Waals surface area contributed by atoms with Crippen LogP contribution >= 0.6 is 0 Å². The number of ether oxygens (including phenoxy) is 1. The monoisotopic (exact) mass is 331 g/mol. The van der Waals surface area contributed by atoms with E-state index in [1.165, 1.54) is 14.2 Å². The molecule has 0 spiro atoms. The molecule has 0 N–H and O–H groups in total. The first-order valence-corrected chi connectivity index (χ1v) is 7.28. The molecule has 7 heteroatoms. The lowest BCUT2D eigenvalue weighted by Crippen LogP contribution is -2.34. The van der Waals surface area contributed by atoms with Crippen molar-refractivity contribution in [1.82, 2.24) is 5.06 Å². The van der Waals surface area contributed by atoms with Crippen LogP contribution in [0.1, 0.15) is 31.9 Å². The highest BCUT2D eigenvalue weighted by Crippen LogP contribution is 2.10. The van der Waals surface area contributed by atoms with Gasteiger partial charge in [-0.15, -0.1) is 0 Å². The van der Waals surface area contributed by atoms with Crippen LogP contribution in [0.15, 0.2) is 29.3 Å². The van der Waals surface area contributed by atoms with E-state index in [-0.39, 0.29) is 12.1 Å². The first kappa shape index (κ1) is 19.3. The van der Waals surface area contributed by atoms with Gasteiger partial charge in [0.15, 0.2) is 0 Å². The molecule has 0 aromatic heterocycles. The molecule has 0 atom stereocenters. The third-order valence-corrected chi connectivity index (χ3v) is 2.88. The SMILES string of the molecule is CON(C)C(=O)/C(Cc1ccc(C#N)cc1)=N\C(=O)OC(C)(C)C. The molecule has 0 aliphatic heterocycles. The molecule has 0 unspecified atom stereocenters. The lowest BCUT2D eigenvalue weighted by Gasteiger charge is -2.19. The summed E-state index contributed by atoms with van der Waals surface area (Å²) >= 11 is 0. The summed E-state index contributed by atoms with van der Waals surface area (Å²) in [5, 5.41) is 9.80. The van der Waals surface area contributed by atoms with E-state index >= 15 is 0 Å². The topological polar surface area (TPSA) is 92.0 Å². The first-order chi connectivity index (χ1) is 11.2. The summed E-state index contributed by atoms with van der Waals surface area (Å²) in [5.41, 5.74) is 0.508. The summed E-state index contributed by atoms with van der Waals surface area (Å²) in [6.07, 6.45) is -0.735. The van der Waals surface area contributed by atoms with E-state index in [4.69, 9.17) is 14.8 Å². The third kappa shape index (κ3) is 6.18. The Balaban J connectivity index is 3.06. The van der Waals surface area contributed by atoms with Crippen molar-refractivity contribution < 1.29 is 19.2 Å². The summed E-state index contributed by atoms with van der Waals surface area (Å²) in [4.78, 5) is 32.9. The largest absolute Gasteiger partial charge is 0.442 e. The fourth-order valence-electron chi connectivity index (χ4n) is 1.71. The average molecular weight is 331 g/mol. The minimum Gasteiger partial charge on any atom is -0.442 e. The second kappa shape index (κ2) is 8.22. The van der Waals surface area contributed by atoms with Crippen LogP contribution in [0.4, 0.5) is 4.79 Å². The van der Waals surface area contributed by atoms with Crippen LogP contribution in [-0.4, -0.2) is 42.5 Å². The minimum absolute atomic E-state index is 0.0155. The molecule has 7 nitrogen and oxygen atoms in total. The molecule has 0 fully saturated rings. The summed E-state index contributed by atoms with van der Waals surface area (Å²) in [6, 6.07) is 8.67. The number of aliphatic imine (C=N–C) groups is 1. The first-order valence-electron chi connectivity index (χ1n) is 7.28. The Labute approximate surface area is 141 Å². The quantitative estimate of drug-likeness (QED) is 0.624. The van der Waals surface area contributed by atoms with Crippen molar-refractivity contribution in [3.63, 3.8) is 0 Å². The predicted octanol–water partition coefficient (Wildman–Crippen LogP) is 2.50. The van der Waals surface area contributed by atoms with Crippen molar-refractivity contribution in [2.75, 3.05) is 14.2 Å². The number of hydroxylamine groups is 2. The highest BCUT2D eigenvalue weighted by molar-refractivity contribution is 6.40. The Hall–Kier alpha value is -2.72. The fraction of sp³-hybridized carbons (Fsp3) is 0.412. The maximum absolute atomic E-state index is 12.3. The molecule has 128 valence electrons. The van der Waals surface area contributed by atoms with Crippen molar-refractivity contribution >= 4 is 17.7 Å². The molecule has 24 heavy (non-hydrogen) atoms. The van der Waals surface area contributed by atoms with Gasteiger partial charge in [0, 0.05) is 13.5 Å². The van der Waals surface area contributed by atoms with Crippen LogP contribution in [0.3, 0.4) is 0 Å². The van der Waals surface area contributed by atoms with Gasteiger partial charge in [-0.25, -0.2) is 9.86 Å². The Morgan fingerprint density at radius 3 is 2.29 bits per heavy atom. The smallest absolute Gasteiger partial charge is 0.434 e. The third-order valence-electron chi connectivity index (χ3n) is 2.88. The zero-order chi connectivity index (χ0) is 18.3. The number of nitriles is 1. The summed E-state index contributed by atoms with van der Waals surface area (Å²) < 4.78 is 5.12. The number of carbonyl (C=O) groups is 2. The second-order valence-corrected chi connectivity index (χ2v) is 6.01. The Morgan fingerprint density at radius 1 is 1.25 bits per heavy atom. The molecular weight excluding hydrogens is 310 g/mol. The number of nitrogens with zero attached hydrogens (tertiary/aromatic N) is 3. The number of carbonyl (C=O) groups excluding carboxylic acids is 2. The predicted molar refractivity (Wildman–Crippen MR) is 88.3 cm³/mol. The van der Waals surface area contributed by atoms with E-state index in [2.05, 4.69) is 4.99 Å². The van der Waals surface area contributed by atoms with Crippen molar-refractivity contribution in [2.45, 2.75) is 32.8 Å². The Morgan fingerprint density at radius 2 is 1.83 bits per heavy atom. The molecular formula is C17H21N3O4. The highest BCUT2D eigenvalue weighted by Gasteiger charge is 2.21. The number of benzene rings is 1. The molecule has 0 aliphatic rings. The van der Waals surface area contributed by atoms with Crippen LogP contribution < -0.4 is 0 Å². The lowest BCUT2D eigenvalue weighted by molar-refractivity contribution is -0.160. The maximum Gasteiger partial charge on any atom is 0.434 e. The van der Waals surface area contributed by atoms with E-state index in [0.717, 1.165) is 10.6 Å². The maximum atomic E-state index is 12.3. The second-order valence-electron chi connectivity index (χ2n) is 6.01. The number of hydrogen-bond acceptors (Lipinski definition) is 5. The van der Waals surface area contributed by atoms with Gasteiger partial charge in [-0.2, -0.15) is 10.3 Å². The van der Waals surface area contributed by atoms with Crippen LogP contribution in [0.5, 0.6) is 0 Å². The van der Waals surface area contributed by atoms with Gasteiger partial charge in [-0.1, -0.05) is 12.1 Å². The normalized spacial score (nSPS) is 11.6. The zero-order valence-electron chi connectivity index (χ0n) is 14.5. The molecule has 2 amide bonds. The molecule has 1 aromatic carbocycles. The van der Waals surface area contributed by atoms with Crippen molar-refractivity contribution in [1.29, 1.82) is 5.26 Å². The Bertz CT molecular complexity index is 667. The van der Waals surface area contributed by atoms with Gasteiger partial charge in [0.25, 0.3) is 5.91 Å². The summed E-state index contributed by atoms with van der Waals surface area (Å²) in [6.45, 7) is 5.14. The highest BCUT2D eigenvalue weighted by atomic mass is 16.7. The number of hydrogen-bond donors (Lipinski definition) is 0. The van der Waals surface area contributed by atoms with Gasteiger partial charge in [-0.3, -0.25) is 9.63 Å².